The van der Waals surface area contributed by atoms with Gasteiger partial charge in [0.1, 0.15) is 5.01 Å². The minimum atomic E-state index is 0.0632. The number of hydrogen-bond acceptors (Lipinski definition) is 5. The monoisotopic (exact) mass is 210 g/mol. The van der Waals surface area contributed by atoms with Crippen LogP contribution in [0.2, 0.25) is 0 Å². The molecule has 0 spiro atoms. The standard InChI is InChI=1S/C8H6N2OS2/c1-5(11)6-3-10-8(13-6)7-2-9-4-12-7/h2-4H,1H3. The molecule has 0 aliphatic carbocycles. The second kappa shape index (κ2) is 3.35. The number of ketones is 1. The van der Waals surface area contributed by atoms with E-state index in [1.165, 1.54) is 22.7 Å². The highest BCUT2D eigenvalue weighted by molar-refractivity contribution is 7.21. The quantitative estimate of drug-likeness (QED) is 0.715. The number of hydrogen-bond donors (Lipinski definition) is 0. The van der Waals surface area contributed by atoms with Gasteiger partial charge in [0.15, 0.2) is 5.78 Å². The Morgan fingerprint density at radius 2 is 2.31 bits per heavy atom. The lowest BCUT2D eigenvalue weighted by Gasteiger charge is -1.84. The highest BCUT2D eigenvalue weighted by atomic mass is 32.1. The molecular weight excluding hydrogens is 204 g/mol. The maximum absolute atomic E-state index is 11.0. The molecule has 0 amide bonds. The molecule has 0 aliphatic rings. The zero-order valence-corrected chi connectivity index (χ0v) is 8.48. The molecule has 0 aliphatic heterocycles. The van der Waals surface area contributed by atoms with E-state index >= 15 is 0 Å². The van der Waals surface area contributed by atoms with E-state index in [1.54, 1.807) is 24.8 Å². The van der Waals surface area contributed by atoms with Crippen molar-refractivity contribution in [2.75, 3.05) is 0 Å². The molecule has 2 heterocycles. The molecule has 0 atom stereocenters. The van der Waals surface area contributed by atoms with E-state index in [9.17, 15) is 4.79 Å². The van der Waals surface area contributed by atoms with Crippen molar-refractivity contribution >= 4 is 28.5 Å². The lowest BCUT2D eigenvalue weighted by Crippen LogP contribution is -1.83. The minimum absolute atomic E-state index is 0.0632. The van der Waals surface area contributed by atoms with Crippen LogP contribution in [0.4, 0.5) is 0 Å². The zero-order chi connectivity index (χ0) is 9.26. The van der Waals surface area contributed by atoms with Crippen molar-refractivity contribution < 1.29 is 4.79 Å². The van der Waals surface area contributed by atoms with Crippen molar-refractivity contribution in [1.82, 2.24) is 9.97 Å². The Labute approximate surface area is 83.1 Å². The molecule has 66 valence electrons. The summed E-state index contributed by atoms with van der Waals surface area (Å²) in [5, 5.41) is 0.868. The first-order valence-electron chi connectivity index (χ1n) is 3.63. The normalized spacial score (nSPS) is 10.2. The summed E-state index contributed by atoms with van der Waals surface area (Å²) in [6.45, 7) is 1.55. The minimum Gasteiger partial charge on any atom is -0.294 e. The smallest absolute Gasteiger partial charge is 0.171 e. The number of aromatic nitrogens is 2. The Hall–Kier alpha value is -1.07. The summed E-state index contributed by atoms with van der Waals surface area (Å²) in [6, 6.07) is 0. The molecule has 0 radical (unpaired) electrons. The fraction of sp³-hybridized carbons (Fsp3) is 0.125. The Morgan fingerprint density at radius 3 is 2.85 bits per heavy atom. The lowest BCUT2D eigenvalue weighted by atomic mass is 10.4. The molecule has 0 bridgehead atoms. The van der Waals surface area contributed by atoms with Gasteiger partial charge in [-0.3, -0.25) is 9.78 Å². The summed E-state index contributed by atoms with van der Waals surface area (Å²) in [7, 11) is 0. The van der Waals surface area contributed by atoms with Gasteiger partial charge in [0.05, 0.1) is 15.3 Å². The van der Waals surface area contributed by atoms with Gasteiger partial charge in [-0.25, -0.2) is 4.98 Å². The highest BCUT2D eigenvalue weighted by Crippen LogP contribution is 2.27. The van der Waals surface area contributed by atoms with E-state index in [-0.39, 0.29) is 5.78 Å². The maximum Gasteiger partial charge on any atom is 0.171 e. The second-order valence-corrected chi connectivity index (χ2v) is 4.37. The van der Waals surface area contributed by atoms with Crippen LogP contribution in [0, 0.1) is 0 Å². The SMILES string of the molecule is CC(=O)c1cnc(-c2cncs2)s1. The Morgan fingerprint density at radius 1 is 1.46 bits per heavy atom. The van der Waals surface area contributed by atoms with Gasteiger partial charge < -0.3 is 0 Å². The third-order valence-electron chi connectivity index (χ3n) is 1.50. The van der Waals surface area contributed by atoms with Crippen LogP contribution in [0.25, 0.3) is 9.88 Å². The van der Waals surface area contributed by atoms with Crippen molar-refractivity contribution in [3.8, 4) is 9.88 Å². The van der Waals surface area contributed by atoms with Gasteiger partial charge in [0.2, 0.25) is 0 Å². The number of carbonyl (C=O) groups excluding carboxylic acids is 1. The van der Waals surface area contributed by atoms with Gasteiger partial charge in [0.25, 0.3) is 0 Å². The zero-order valence-electron chi connectivity index (χ0n) is 6.85. The molecule has 2 aromatic rings. The molecule has 0 N–H and O–H groups in total. The fourth-order valence-electron chi connectivity index (χ4n) is 0.872. The molecule has 0 fully saturated rings. The molecule has 2 aromatic heterocycles. The van der Waals surface area contributed by atoms with Gasteiger partial charge in [-0.15, -0.1) is 22.7 Å². The molecule has 5 heteroatoms. The number of nitrogens with zero attached hydrogens (tertiary/aromatic N) is 2. The molecule has 0 saturated heterocycles. The van der Waals surface area contributed by atoms with Gasteiger partial charge in [-0.2, -0.15) is 0 Å². The molecule has 0 aromatic carbocycles. The van der Waals surface area contributed by atoms with Crippen LogP contribution in [0.5, 0.6) is 0 Å². The van der Waals surface area contributed by atoms with E-state index in [2.05, 4.69) is 9.97 Å². The summed E-state index contributed by atoms with van der Waals surface area (Å²) in [5.41, 5.74) is 1.75. The van der Waals surface area contributed by atoms with Crippen LogP contribution in [0.15, 0.2) is 17.9 Å². The number of Topliss-reactive ketones (excluding diaryl/α,β-unsaturated/α-hetero) is 1. The van der Waals surface area contributed by atoms with Crippen LogP contribution in [0.3, 0.4) is 0 Å². The summed E-state index contributed by atoms with van der Waals surface area (Å²) < 4.78 is 0. The third-order valence-corrected chi connectivity index (χ3v) is 3.54. The summed E-state index contributed by atoms with van der Waals surface area (Å²) >= 11 is 2.94. The Balaban J connectivity index is 2.39. The van der Waals surface area contributed by atoms with Crippen LogP contribution < -0.4 is 0 Å². The molecule has 13 heavy (non-hydrogen) atoms. The average Bonchev–Trinajstić information content (AvgIpc) is 2.75. The van der Waals surface area contributed by atoms with E-state index < -0.39 is 0 Å². The topological polar surface area (TPSA) is 42.9 Å². The maximum atomic E-state index is 11.0. The molecular formula is C8H6N2OS2. The third kappa shape index (κ3) is 1.66. The Bertz CT molecular complexity index is 419. The van der Waals surface area contributed by atoms with E-state index in [1.807, 2.05) is 0 Å². The highest BCUT2D eigenvalue weighted by Gasteiger charge is 2.08. The second-order valence-electron chi connectivity index (χ2n) is 2.45. The number of rotatable bonds is 2. The predicted octanol–water partition coefficient (Wildman–Crippen LogP) is 2.47. The summed E-state index contributed by atoms with van der Waals surface area (Å²) in [4.78, 5) is 20.8. The first-order chi connectivity index (χ1) is 6.27. The van der Waals surface area contributed by atoms with E-state index in [0.29, 0.717) is 4.88 Å². The van der Waals surface area contributed by atoms with Crippen molar-refractivity contribution in [3.63, 3.8) is 0 Å². The van der Waals surface area contributed by atoms with Crippen LogP contribution >= 0.6 is 22.7 Å². The van der Waals surface area contributed by atoms with E-state index in [0.717, 1.165) is 9.88 Å². The van der Waals surface area contributed by atoms with E-state index in [4.69, 9.17) is 0 Å². The average molecular weight is 210 g/mol. The Kier molecular flexibility index (Phi) is 2.20. The van der Waals surface area contributed by atoms with Gasteiger partial charge >= 0.3 is 0 Å². The molecule has 2 rings (SSSR count). The lowest BCUT2D eigenvalue weighted by molar-refractivity contribution is 0.102. The van der Waals surface area contributed by atoms with Crippen molar-refractivity contribution in [3.05, 3.63) is 22.8 Å². The summed E-state index contributed by atoms with van der Waals surface area (Å²) in [5.74, 6) is 0.0632. The van der Waals surface area contributed by atoms with Crippen LogP contribution in [-0.2, 0) is 0 Å². The summed E-state index contributed by atoms with van der Waals surface area (Å²) in [6.07, 6.45) is 3.37. The van der Waals surface area contributed by atoms with Crippen molar-refractivity contribution in [2.24, 2.45) is 0 Å². The molecule has 0 unspecified atom stereocenters. The first kappa shape index (κ1) is 8.52. The van der Waals surface area contributed by atoms with Crippen LogP contribution in [-0.4, -0.2) is 15.8 Å². The molecule has 3 nitrogen and oxygen atoms in total. The number of carbonyl (C=O) groups is 1. The largest absolute Gasteiger partial charge is 0.294 e. The first-order valence-corrected chi connectivity index (χ1v) is 5.32. The van der Waals surface area contributed by atoms with Crippen LogP contribution in [0.1, 0.15) is 16.6 Å². The fourth-order valence-corrected chi connectivity index (χ4v) is 2.37. The predicted molar refractivity (Wildman–Crippen MR) is 53.2 cm³/mol. The van der Waals surface area contributed by atoms with Crippen molar-refractivity contribution in [1.29, 1.82) is 0 Å². The van der Waals surface area contributed by atoms with Gasteiger partial charge in [0, 0.05) is 19.3 Å². The van der Waals surface area contributed by atoms with Gasteiger partial charge in [-0.05, 0) is 0 Å². The van der Waals surface area contributed by atoms with Crippen molar-refractivity contribution in [2.45, 2.75) is 6.92 Å². The van der Waals surface area contributed by atoms with Gasteiger partial charge in [-0.1, -0.05) is 0 Å². The molecule has 0 saturated carbocycles. The number of thiazole rings is 2.